The smallest absolute Gasteiger partial charge is 0.480 e. The van der Waals surface area contributed by atoms with Crippen LogP contribution in [0.2, 0.25) is 0 Å². The number of carboxylic acid groups (broad SMARTS) is 1. The van der Waals surface area contributed by atoms with Gasteiger partial charge in [0.15, 0.2) is 11.5 Å². The lowest BCUT2D eigenvalue weighted by Crippen LogP contribution is -2.43. The Morgan fingerprint density at radius 3 is 1.88 bits per heavy atom. The third-order valence-electron chi connectivity index (χ3n) is 6.24. The van der Waals surface area contributed by atoms with Gasteiger partial charge in [0.1, 0.15) is 18.2 Å². The van der Waals surface area contributed by atoms with Crippen molar-refractivity contribution in [1.82, 2.24) is 5.32 Å². The minimum Gasteiger partial charge on any atom is -0.480 e. The highest BCUT2D eigenvalue weighted by Crippen LogP contribution is 2.30. The Balaban J connectivity index is 2.92. The molecule has 0 fully saturated rings. The molecule has 0 saturated carbocycles. The van der Waals surface area contributed by atoms with Crippen LogP contribution in [0.5, 0.6) is 11.5 Å². The van der Waals surface area contributed by atoms with E-state index in [1.54, 1.807) is 19.9 Å². The molecule has 0 aliphatic carbocycles. The number of hydrogen-bond acceptors (Lipinski definition) is 11. The second-order valence-corrected chi connectivity index (χ2v) is 10.3. The second kappa shape index (κ2) is 20.4. The zero-order valence-corrected chi connectivity index (χ0v) is 25.6. The van der Waals surface area contributed by atoms with E-state index in [-0.39, 0.29) is 49.7 Å². The Hall–Kier alpha value is -3.54. The summed E-state index contributed by atoms with van der Waals surface area (Å²) in [5, 5.41) is 12.6. The summed E-state index contributed by atoms with van der Waals surface area (Å²) < 4.78 is 31.1. The summed E-state index contributed by atoms with van der Waals surface area (Å²) in [5.74, 6) is -1.23. The molecule has 0 spiro atoms. The zero-order valence-electron chi connectivity index (χ0n) is 25.6. The van der Waals surface area contributed by atoms with Crippen LogP contribution in [-0.4, -0.2) is 67.6 Å². The van der Waals surface area contributed by atoms with Gasteiger partial charge < -0.3 is 38.8 Å². The fourth-order valence-electron chi connectivity index (χ4n) is 3.41. The van der Waals surface area contributed by atoms with Crippen LogP contribution >= 0.6 is 0 Å². The van der Waals surface area contributed by atoms with Crippen LogP contribution < -0.4 is 14.8 Å². The Morgan fingerprint density at radius 1 is 0.786 bits per heavy atom. The average molecular weight is 598 g/mol. The minimum atomic E-state index is -1.15. The van der Waals surface area contributed by atoms with Crippen molar-refractivity contribution < 1.29 is 52.7 Å². The first kappa shape index (κ1) is 36.5. The predicted molar refractivity (Wildman–Crippen MR) is 154 cm³/mol. The molecule has 2 unspecified atom stereocenters. The number of aliphatic carboxylic acids is 1. The van der Waals surface area contributed by atoms with E-state index in [9.17, 15) is 24.3 Å². The molecule has 12 heteroatoms. The first-order valence-electron chi connectivity index (χ1n) is 14.6. The van der Waals surface area contributed by atoms with Crippen LogP contribution in [0.15, 0.2) is 18.2 Å². The number of carbonyl (C=O) groups is 4. The van der Waals surface area contributed by atoms with Gasteiger partial charge in [-0.05, 0) is 56.7 Å². The minimum absolute atomic E-state index is 0.0272. The number of unbranched alkanes of at least 4 members (excludes halogenated alkanes) is 4. The van der Waals surface area contributed by atoms with Gasteiger partial charge >= 0.3 is 24.4 Å². The van der Waals surface area contributed by atoms with E-state index < -0.39 is 36.6 Å². The van der Waals surface area contributed by atoms with Gasteiger partial charge in [-0.25, -0.2) is 14.4 Å². The summed E-state index contributed by atoms with van der Waals surface area (Å²) in [4.78, 5) is 48.4. The van der Waals surface area contributed by atoms with Gasteiger partial charge in [0, 0.05) is 6.54 Å². The molecule has 12 nitrogen and oxygen atoms in total. The molecule has 0 aromatic heterocycles. The highest BCUT2D eigenvalue weighted by Gasteiger charge is 2.23. The van der Waals surface area contributed by atoms with E-state index in [0.717, 1.165) is 25.7 Å². The SMILES string of the molecule is CCCCCOC(=O)Oc1ccc(C[C@H](NCC(C)OC(=O)OC(C)C(C)C)C(=O)O)cc1OC(=O)OCCCCC. The van der Waals surface area contributed by atoms with E-state index in [1.807, 2.05) is 27.7 Å². The molecule has 1 aromatic carbocycles. The number of carbonyl (C=O) groups excluding carboxylic acids is 3. The van der Waals surface area contributed by atoms with Crippen molar-refractivity contribution in [2.24, 2.45) is 5.92 Å². The number of benzene rings is 1. The fraction of sp³-hybridized carbons (Fsp3) is 0.667. The first-order chi connectivity index (χ1) is 20.0. The third kappa shape index (κ3) is 15.5. The Bertz CT molecular complexity index is 982. The van der Waals surface area contributed by atoms with Gasteiger partial charge in [0.05, 0.1) is 13.2 Å². The van der Waals surface area contributed by atoms with E-state index in [1.165, 1.54) is 12.1 Å². The van der Waals surface area contributed by atoms with Crippen LogP contribution in [0.25, 0.3) is 0 Å². The van der Waals surface area contributed by atoms with Crippen molar-refractivity contribution in [2.75, 3.05) is 19.8 Å². The van der Waals surface area contributed by atoms with Gasteiger partial charge in [-0.3, -0.25) is 4.79 Å². The van der Waals surface area contributed by atoms with Crippen molar-refractivity contribution in [3.05, 3.63) is 23.8 Å². The van der Waals surface area contributed by atoms with Crippen molar-refractivity contribution in [1.29, 1.82) is 0 Å². The first-order valence-corrected chi connectivity index (χ1v) is 14.6. The van der Waals surface area contributed by atoms with Crippen LogP contribution in [0, 0.1) is 5.92 Å². The maximum absolute atomic E-state index is 12.3. The van der Waals surface area contributed by atoms with Crippen LogP contribution in [-0.2, 0) is 30.2 Å². The molecule has 1 aromatic rings. The maximum atomic E-state index is 12.3. The van der Waals surface area contributed by atoms with Gasteiger partial charge in [-0.2, -0.15) is 0 Å². The molecule has 0 saturated heterocycles. The molecule has 2 N–H and O–H groups in total. The highest BCUT2D eigenvalue weighted by molar-refractivity contribution is 5.74. The molecule has 3 atom stereocenters. The molecule has 238 valence electrons. The standard InChI is InChI=1S/C30H47NO11/c1-7-9-11-15-37-28(34)41-25-14-13-23(18-26(25)42-29(35)38-16-12-10-8-2)17-24(27(32)33)31-19-21(5)39-30(36)40-22(6)20(3)4/h13-14,18,20-22,24,31H,7-12,15-17,19H2,1-6H3,(H,32,33)/t21?,22?,24-/m0/s1. The fourth-order valence-corrected chi connectivity index (χ4v) is 3.41. The lowest BCUT2D eigenvalue weighted by molar-refractivity contribution is -0.139. The quantitative estimate of drug-likeness (QED) is 0.0799. The Morgan fingerprint density at radius 2 is 1.36 bits per heavy atom. The molecule has 0 bridgehead atoms. The molecule has 1 rings (SSSR count). The van der Waals surface area contributed by atoms with E-state index in [4.69, 9.17) is 28.4 Å². The predicted octanol–water partition coefficient (Wildman–Crippen LogP) is 6.27. The number of nitrogens with one attached hydrogen (secondary N) is 1. The van der Waals surface area contributed by atoms with E-state index in [2.05, 4.69) is 5.32 Å². The third-order valence-corrected chi connectivity index (χ3v) is 6.24. The van der Waals surface area contributed by atoms with Crippen molar-refractivity contribution in [2.45, 2.75) is 105 Å². The number of hydrogen-bond donors (Lipinski definition) is 2. The molecule has 42 heavy (non-hydrogen) atoms. The largest absolute Gasteiger partial charge is 0.513 e. The molecule has 0 amide bonds. The molecular formula is C30H47NO11. The van der Waals surface area contributed by atoms with E-state index in [0.29, 0.717) is 18.4 Å². The Labute approximate surface area is 248 Å². The lowest BCUT2D eigenvalue weighted by Gasteiger charge is -2.21. The summed E-state index contributed by atoms with van der Waals surface area (Å²) in [7, 11) is 0. The van der Waals surface area contributed by atoms with Crippen LogP contribution in [0.4, 0.5) is 14.4 Å². The number of ether oxygens (including phenoxy) is 6. The summed E-state index contributed by atoms with van der Waals surface area (Å²) in [6.07, 6.45) is 1.24. The molecule has 0 aliphatic heterocycles. The van der Waals surface area contributed by atoms with Crippen molar-refractivity contribution in [3.63, 3.8) is 0 Å². The lowest BCUT2D eigenvalue weighted by atomic mass is 10.0. The summed E-state index contributed by atoms with van der Waals surface area (Å²) in [6.45, 7) is 11.6. The van der Waals surface area contributed by atoms with Gasteiger partial charge in [-0.15, -0.1) is 0 Å². The number of rotatable bonds is 19. The molecule has 0 heterocycles. The van der Waals surface area contributed by atoms with Crippen molar-refractivity contribution in [3.8, 4) is 11.5 Å². The van der Waals surface area contributed by atoms with Crippen molar-refractivity contribution >= 4 is 24.4 Å². The normalized spacial score (nSPS) is 13.0. The molecule has 0 aliphatic rings. The maximum Gasteiger partial charge on any atom is 0.513 e. The molecule has 0 radical (unpaired) electrons. The van der Waals surface area contributed by atoms with Gasteiger partial charge in [0.2, 0.25) is 0 Å². The van der Waals surface area contributed by atoms with Gasteiger partial charge in [0.25, 0.3) is 0 Å². The number of carboxylic acids is 1. The second-order valence-electron chi connectivity index (χ2n) is 10.3. The summed E-state index contributed by atoms with van der Waals surface area (Å²) >= 11 is 0. The van der Waals surface area contributed by atoms with Crippen LogP contribution in [0.1, 0.15) is 85.6 Å². The average Bonchev–Trinajstić information content (AvgIpc) is 2.92. The highest BCUT2D eigenvalue weighted by atomic mass is 16.7. The summed E-state index contributed by atoms with van der Waals surface area (Å²) in [5.41, 5.74) is 0.464. The molecular weight excluding hydrogens is 550 g/mol. The Kier molecular flexibility index (Phi) is 17.7. The van der Waals surface area contributed by atoms with Crippen LogP contribution in [0.3, 0.4) is 0 Å². The van der Waals surface area contributed by atoms with E-state index >= 15 is 0 Å². The zero-order chi connectivity index (χ0) is 31.5. The topological polar surface area (TPSA) is 156 Å². The monoisotopic (exact) mass is 597 g/mol. The van der Waals surface area contributed by atoms with Gasteiger partial charge in [-0.1, -0.05) is 59.4 Å². The summed E-state index contributed by atoms with van der Waals surface area (Å²) in [6, 6.07) is 3.25.